The molecule has 0 saturated carbocycles. The van der Waals surface area contributed by atoms with Gasteiger partial charge in [-0.25, -0.2) is 4.98 Å². The topological polar surface area (TPSA) is 55.1 Å². The van der Waals surface area contributed by atoms with E-state index in [0.29, 0.717) is 18.1 Å². The van der Waals surface area contributed by atoms with Crippen molar-refractivity contribution < 1.29 is 9.47 Å². The van der Waals surface area contributed by atoms with Gasteiger partial charge in [0.25, 0.3) is 0 Å². The summed E-state index contributed by atoms with van der Waals surface area (Å²) in [5.41, 5.74) is 1.19. The van der Waals surface area contributed by atoms with E-state index in [4.69, 9.17) is 14.7 Å². The largest absolute Gasteiger partial charge is 0.488 e. The summed E-state index contributed by atoms with van der Waals surface area (Å²) in [5.74, 6) is 0.703. The molecule has 0 bridgehead atoms. The lowest BCUT2D eigenvalue weighted by atomic mass is 10.3. The number of hydrogen-bond donors (Lipinski definition) is 0. The molecule has 1 aliphatic heterocycles. The van der Waals surface area contributed by atoms with Gasteiger partial charge in [-0.15, -0.1) is 0 Å². The predicted octanol–water partition coefficient (Wildman–Crippen LogP) is 1.43. The molecule has 78 valence electrons. The summed E-state index contributed by atoms with van der Waals surface area (Å²) in [5, 5.41) is 8.75. The molecule has 0 N–H and O–H groups in total. The van der Waals surface area contributed by atoms with E-state index in [-0.39, 0.29) is 6.10 Å². The zero-order valence-electron chi connectivity index (χ0n) is 8.56. The number of aromatic nitrogens is 1. The Labute approximate surface area is 88.5 Å². The van der Waals surface area contributed by atoms with Gasteiger partial charge >= 0.3 is 0 Å². The first-order valence-electron chi connectivity index (χ1n) is 4.91. The Morgan fingerprint density at radius 2 is 2.47 bits per heavy atom. The predicted molar refractivity (Wildman–Crippen MR) is 53.5 cm³/mol. The monoisotopic (exact) mass is 204 g/mol. The standard InChI is InChI=1S/C11H12N2O2/c1-8-4-11(5-9(6-12)13-8)15-10-2-3-14-7-10/h4-5,10H,2-3,7H2,1H3/t10-/m1/s1. The highest BCUT2D eigenvalue weighted by Crippen LogP contribution is 2.18. The maximum atomic E-state index is 8.75. The van der Waals surface area contributed by atoms with Gasteiger partial charge in [-0.1, -0.05) is 0 Å². The van der Waals surface area contributed by atoms with E-state index in [1.54, 1.807) is 6.07 Å². The fourth-order valence-corrected chi connectivity index (χ4v) is 1.56. The zero-order valence-corrected chi connectivity index (χ0v) is 8.56. The molecule has 1 atom stereocenters. The molecule has 0 amide bonds. The normalized spacial score (nSPS) is 19.9. The first-order valence-corrected chi connectivity index (χ1v) is 4.91. The number of pyridine rings is 1. The third-order valence-electron chi connectivity index (χ3n) is 2.23. The maximum Gasteiger partial charge on any atom is 0.144 e. The van der Waals surface area contributed by atoms with E-state index in [1.807, 2.05) is 19.1 Å². The van der Waals surface area contributed by atoms with Crippen molar-refractivity contribution in [2.45, 2.75) is 19.4 Å². The molecule has 1 aromatic heterocycles. The van der Waals surface area contributed by atoms with Crippen LogP contribution in [0.4, 0.5) is 0 Å². The smallest absolute Gasteiger partial charge is 0.144 e. The van der Waals surface area contributed by atoms with E-state index in [1.165, 1.54) is 0 Å². The Morgan fingerprint density at radius 1 is 1.60 bits per heavy atom. The van der Waals surface area contributed by atoms with E-state index in [2.05, 4.69) is 4.98 Å². The highest BCUT2D eigenvalue weighted by Gasteiger charge is 2.17. The highest BCUT2D eigenvalue weighted by atomic mass is 16.5. The number of hydrogen-bond acceptors (Lipinski definition) is 4. The summed E-state index contributed by atoms with van der Waals surface area (Å²) in [6.45, 7) is 3.22. The fourth-order valence-electron chi connectivity index (χ4n) is 1.56. The molecule has 0 unspecified atom stereocenters. The minimum absolute atomic E-state index is 0.110. The van der Waals surface area contributed by atoms with Crippen molar-refractivity contribution in [3.8, 4) is 11.8 Å². The molecule has 2 heterocycles. The molecule has 4 nitrogen and oxygen atoms in total. The molecular weight excluding hydrogens is 192 g/mol. The molecule has 1 fully saturated rings. The molecule has 1 aromatic rings. The van der Waals surface area contributed by atoms with Gasteiger partial charge < -0.3 is 9.47 Å². The van der Waals surface area contributed by atoms with Crippen LogP contribution in [0.15, 0.2) is 12.1 Å². The summed E-state index contributed by atoms with van der Waals surface area (Å²) in [6.07, 6.45) is 1.02. The highest BCUT2D eigenvalue weighted by molar-refractivity contribution is 5.32. The Balaban J connectivity index is 2.13. The van der Waals surface area contributed by atoms with Gasteiger partial charge in [0.15, 0.2) is 0 Å². The molecule has 1 saturated heterocycles. The minimum atomic E-state index is 0.110. The summed E-state index contributed by atoms with van der Waals surface area (Å²) < 4.78 is 10.9. The summed E-state index contributed by atoms with van der Waals surface area (Å²) in [7, 11) is 0. The Kier molecular flexibility index (Phi) is 2.84. The lowest BCUT2D eigenvalue weighted by Crippen LogP contribution is -2.15. The minimum Gasteiger partial charge on any atom is -0.488 e. The molecule has 1 aliphatic rings. The van der Waals surface area contributed by atoms with Gasteiger partial charge in [-0.2, -0.15) is 5.26 Å². The average molecular weight is 204 g/mol. The van der Waals surface area contributed by atoms with Gasteiger partial charge in [-0.05, 0) is 6.92 Å². The Bertz CT molecular complexity index is 392. The van der Waals surface area contributed by atoms with Gasteiger partial charge in [0.1, 0.15) is 23.6 Å². The number of ether oxygens (including phenoxy) is 2. The lowest BCUT2D eigenvalue weighted by Gasteiger charge is -2.11. The molecule has 2 rings (SSSR count). The Morgan fingerprint density at radius 3 is 3.13 bits per heavy atom. The van der Waals surface area contributed by atoms with Crippen molar-refractivity contribution in [2.75, 3.05) is 13.2 Å². The molecule has 0 radical (unpaired) electrons. The van der Waals surface area contributed by atoms with Crippen molar-refractivity contribution >= 4 is 0 Å². The van der Waals surface area contributed by atoms with Gasteiger partial charge in [0.05, 0.1) is 13.2 Å². The second kappa shape index (κ2) is 4.28. The van der Waals surface area contributed by atoms with Gasteiger partial charge in [-0.3, -0.25) is 0 Å². The van der Waals surface area contributed by atoms with E-state index >= 15 is 0 Å². The van der Waals surface area contributed by atoms with Crippen LogP contribution in [0.1, 0.15) is 17.8 Å². The number of nitrogens with zero attached hydrogens (tertiary/aromatic N) is 2. The van der Waals surface area contributed by atoms with Crippen LogP contribution in [-0.4, -0.2) is 24.3 Å². The average Bonchev–Trinajstić information content (AvgIpc) is 2.69. The van der Waals surface area contributed by atoms with E-state index in [0.717, 1.165) is 18.7 Å². The van der Waals surface area contributed by atoms with Crippen molar-refractivity contribution in [2.24, 2.45) is 0 Å². The van der Waals surface area contributed by atoms with Crippen LogP contribution in [0.25, 0.3) is 0 Å². The third kappa shape index (κ3) is 2.45. The van der Waals surface area contributed by atoms with Crippen LogP contribution in [0.5, 0.6) is 5.75 Å². The molecule has 4 heteroatoms. The quantitative estimate of drug-likeness (QED) is 0.731. The van der Waals surface area contributed by atoms with Crippen molar-refractivity contribution in [3.05, 3.63) is 23.5 Å². The summed E-state index contributed by atoms with van der Waals surface area (Å²) >= 11 is 0. The van der Waals surface area contributed by atoms with E-state index < -0.39 is 0 Å². The maximum absolute atomic E-state index is 8.75. The van der Waals surface area contributed by atoms with Crippen LogP contribution >= 0.6 is 0 Å². The van der Waals surface area contributed by atoms with Gasteiger partial charge in [0.2, 0.25) is 0 Å². The molecule has 15 heavy (non-hydrogen) atoms. The fraction of sp³-hybridized carbons (Fsp3) is 0.455. The molecule has 0 aromatic carbocycles. The number of rotatable bonds is 2. The van der Waals surface area contributed by atoms with Gasteiger partial charge in [0, 0.05) is 24.2 Å². The van der Waals surface area contributed by atoms with E-state index in [9.17, 15) is 0 Å². The first kappa shape index (κ1) is 9.94. The summed E-state index contributed by atoms with van der Waals surface area (Å²) in [4.78, 5) is 4.05. The van der Waals surface area contributed by atoms with Crippen LogP contribution in [0.2, 0.25) is 0 Å². The first-order chi connectivity index (χ1) is 7.28. The second-order valence-corrected chi connectivity index (χ2v) is 3.54. The SMILES string of the molecule is Cc1cc(O[C@@H]2CCOC2)cc(C#N)n1. The van der Waals surface area contributed by atoms with Crippen molar-refractivity contribution in [1.82, 2.24) is 4.98 Å². The summed E-state index contributed by atoms with van der Waals surface area (Å²) in [6, 6.07) is 5.50. The number of nitriles is 1. The van der Waals surface area contributed by atoms with Crippen LogP contribution in [0, 0.1) is 18.3 Å². The van der Waals surface area contributed by atoms with Crippen molar-refractivity contribution in [3.63, 3.8) is 0 Å². The third-order valence-corrected chi connectivity index (χ3v) is 2.23. The molecule has 0 spiro atoms. The zero-order chi connectivity index (χ0) is 10.7. The lowest BCUT2D eigenvalue weighted by molar-refractivity contribution is 0.141. The van der Waals surface area contributed by atoms with Crippen LogP contribution in [-0.2, 0) is 4.74 Å². The number of aryl methyl sites for hydroxylation is 1. The second-order valence-electron chi connectivity index (χ2n) is 3.54. The Hall–Kier alpha value is -1.60. The molecular formula is C11H12N2O2. The van der Waals surface area contributed by atoms with Crippen molar-refractivity contribution in [1.29, 1.82) is 5.26 Å². The van der Waals surface area contributed by atoms with Crippen LogP contribution in [0.3, 0.4) is 0 Å². The van der Waals surface area contributed by atoms with Crippen LogP contribution < -0.4 is 4.74 Å². The molecule has 0 aliphatic carbocycles.